The summed E-state index contributed by atoms with van der Waals surface area (Å²) >= 11 is 0. The lowest BCUT2D eigenvalue weighted by molar-refractivity contribution is -0.147. The van der Waals surface area contributed by atoms with Gasteiger partial charge in [-0.3, -0.25) is 4.79 Å². The molecule has 0 aromatic heterocycles. The van der Waals surface area contributed by atoms with Crippen LogP contribution in [0.15, 0.2) is 0 Å². The van der Waals surface area contributed by atoms with Crippen LogP contribution in [0, 0.1) is 5.41 Å². The molecule has 0 aliphatic rings. The van der Waals surface area contributed by atoms with Crippen molar-refractivity contribution < 1.29 is 9.53 Å². The maximum absolute atomic E-state index is 12.3. The maximum Gasteiger partial charge on any atom is 0.305 e. The number of rotatable bonds is 28. The number of carbonyl (C=O) groups is 1. The number of hydrogen-bond donors (Lipinski definition) is 0. The summed E-state index contributed by atoms with van der Waals surface area (Å²) < 4.78 is 5.75. The minimum Gasteiger partial charge on any atom is -0.465 e. The Hall–Kier alpha value is -0.530. The van der Waals surface area contributed by atoms with Crippen molar-refractivity contribution >= 4 is 5.97 Å². The van der Waals surface area contributed by atoms with Crippen molar-refractivity contribution in [2.24, 2.45) is 5.41 Å². The number of carbonyl (C=O) groups excluding carboxylic acids is 1. The van der Waals surface area contributed by atoms with Crippen LogP contribution in [0.5, 0.6) is 0 Å². The minimum absolute atomic E-state index is 0.0299. The molecule has 0 heterocycles. The first-order valence-electron chi connectivity index (χ1n) is 16.2. The van der Waals surface area contributed by atoms with Gasteiger partial charge >= 0.3 is 5.97 Å². The zero-order valence-corrected chi connectivity index (χ0v) is 24.9. The molecule has 2 nitrogen and oxygen atoms in total. The Morgan fingerprint density at radius 3 is 1.26 bits per heavy atom. The number of unbranched alkanes of at least 4 members (excludes halogenated alkanes) is 20. The molecule has 1 unspecified atom stereocenters. The monoisotopic (exact) mass is 495 g/mol. The summed E-state index contributed by atoms with van der Waals surface area (Å²) in [5.41, 5.74) is 0.174. The van der Waals surface area contributed by atoms with E-state index in [-0.39, 0.29) is 11.4 Å². The molecule has 0 aromatic rings. The second-order valence-electron chi connectivity index (χ2n) is 11.8. The molecule has 2 heteroatoms. The first-order chi connectivity index (χ1) is 17.1. The highest BCUT2D eigenvalue weighted by molar-refractivity contribution is 5.69. The fourth-order valence-electron chi connectivity index (χ4n) is 5.17. The van der Waals surface area contributed by atoms with Gasteiger partial charge in [0.25, 0.3) is 0 Å². The first kappa shape index (κ1) is 34.5. The van der Waals surface area contributed by atoms with E-state index >= 15 is 0 Å². The predicted octanol–water partition coefficient (Wildman–Crippen LogP) is 11.7. The molecule has 0 saturated carbocycles. The third-order valence-corrected chi connectivity index (χ3v) is 7.83. The van der Waals surface area contributed by atoms with Gasteiger partial charge in [0, 0.05) is 11.8 Å². The number of hydrogen-bond acceptors (Lipinski definition) is 2. The summed E-state index contributed by atoms with van der Waals surface area (Å²) in [7, 11) is 0. The van der Waals surface area contributed by atoms with E-state index in [1.54, 1.807) is 0 Å². The van der Waals surface area contributed by atoms with E-state index < -0.39 is 0 Å². The Kier molecular flexibility index (Phi) is 26.1. The molecule has 0 spiro atoms. The normalized spacial score (nSPS) is 13.1. The average Bonchev–Trinajstić information content (AvgIpc) is 2.86. The van der Waals surface area contributed by atoms with Crippen molar-refractivity contribution in [1.82, 2.24) is 0 Å². The summed E-state index contributed by atoms with van der Waals surface area (Å²) in [4.78, 5) is 12.3. The predicted molar refractivity (Wildman–Crippen MR) is 156 cm³/mol. The van der Waals surface area contributed by atoms with Crippen LogP contribution >= 0.6 is 0 Å². The average molecular weight is 495 g/mol. The molecule has 0 fully saturated rings. The third-order valence-electron chi connectivity index (χ3n) is 7.83. The SMILES string of the molecule is CCCCCCCCCCCCCCCCCCCC(=O)OCC(C)(CCCC)CCCCCC. The van der Waals surface area contributed by atoms with Gasteiger partial charge in [-0.15, -0.1) is 0 Å². The van der Waals surface area contributed by atoms with Gasteiger partial charge in [0.2, 0.25) is 0 Å². The van der Waals surface area contributed by atoms with E-state index in [1.165, 1.54) is 154 Å². The van der Waals surface area contributed by atoms with Crippen molar-refractivity contribution in [3.63, 3.8) is 0 Å². The zero-order chi connectivity index (χ0) is 25.9. The molecule has 0 aromatic carbocycles. The first-order valence-corrected chi connectivity index (χ1v) is 16.2. The third kappa shape index (κ3) is 24.9. The number of ether oxygens (including phenoxy) is 1. The van der Waals surface area contributed by atoms with Crippen molar-refractivity contribution in [1.29, 1.82) is 0 Å². The molecule has 0 bridgehead atoms. The van der Waals surface area contributed by atoms with Crippen LogP contribution in [0.25, 0.3) is 0 Å². The molecule has 210 valence electrons. The van der Waals surface area contributed by atoms with Gasteiger partial charge in [-0.05, 0) is 19.3 Å². The maximum atomic E-state index is 12.3. The Labute approximate surface area is 222 Å². The van der Waals surface area contributed by atoms with Crippen molar-refractivity contribution in [2.75, 3.05) is 6.61 Å². The lowest BCUT2D eigenvalue weighted by atomic mass is 9.80. The molecule has 0 saturated heterocycles. The highest BCUT2D eigenvalue weighted by Gasteiger charge is 2.25. The molecule has 0 aliphatic heterocycles. The Morgan fingerprint density at radius 2 is 0.829 bits per heavy atom. The molecule has 0 N–H and O–H groups in total. The largest absolute Gasteiger partial charge is 0.465 e. The molecule has 35 heavy (non-hydrogen) atoms. The summed E-state index contributed by atoms with van der Waals surface area (Å²) in [6, 6.07) is 0. The minimum atomic E-state index is 0.0299. The van der Waals surface area contributed by atoms with E-state index in [4.69, 9.17) is 4.74 Å². The van der Waals surface area contributed by atoms with Crippen LogP contribution in [-0.4, -0.2) is 12.6 Å². The molecule has 0 amide bonds. The number of esters is 1. The van der Waals surface area contributed by atoms with E-state index in [0.29, 0.717) is 13.0 Å². The molecule has 0 radical (unpaired) electrons. The van der Waals surface area contributed by atoms with Crippen LogP contribution in [0.2, 0.25) is 0 Å². The fraction of sp³-hybridized carbons (Fsp3) is 0.970. The van der Waals surface area contributed by atoms with Gasteiger partial charge < -0.3 is 4.74 Å². The topological polar surface area (TPSA) is 26.3 Å². The van der Waals surface area contributed by atoms with E-state index in [0.717, 1.165) is 6.42 Å². The quantitative estimate of drug-likeness (QED) is 0.0798. The van der Waals surface area contributed by atoms with Gasteiger partial charge in [0.05, 0.1) is 6.61 Å². The van der Waals surface area contributed by atoms with Crippen molar-refractivity contribution in [3.8, 4) is 0 Å². The molecule has 1 atom stereocenters. The molecular formula is C33H66O2. The summed E-state index contributed by atoms with van der Waals surface area (Å²) in [5.74, 6) is 0.0299. The van der Waals surface area contributed by atoms with Gasteiger partial charge in [-0.25, -0.2) is 0 Å². The standard InChI is InChI=1S/C33H66O2/c1-5-8-11-13-14-15-16-17-18-19-20-21-22-23-24-25-26-28-32(34)35-31-33(4,29-10-7-3)30-27-12-9-6-2/h5-31H2,1-4H3. The van der Waals surface area contributed by atoms with E-state index in [9.17, 15) is 4.79 Å². The second-order valence-corrected chi connectivity index (χ2v) is 11.8. The molecule has 0 rings (SSSR count). The lowest BCUT2D eigenvalue weighted by Gasteiger charge is -2.29. The lowest BCUT2D eigenvalue weighted by Crippen LogP contribution is -2.25. The highest BCUT2D eigenvalue weighted by Crippen LogP contribution is 2.31. The summed E-state index contributed by atoms with van der Waals surface area (Å²) in [5, 5.41) is 0. The Bertz CT molecular complexity index is 433. The van der Waals surface area contributed by atoms with Gasteiger partial charge in [-0.1, -0.05) is 169 Å². The van der Waals surface area contributed by atoms with Crippen LogP contribution < -0.4 is 0 Å². The zero-order valence-electron chi connectivity index (χ0n) is 24.9. The molecule has 0 aliphatic carbocycles. The van der Waals surface area contributed by atoms with E-state index in [2.05, 4.69) is 27.7 Å². The van der Waals surface area contributed by atoms with Gasteiger partial charge in [0.1, 0.15) is 0 Å². The summed E-state index contributed by atoms with van der Waals surface area (Å²) in [6.07, 6.45) is 33.9. The van der Waals surface area contributed by atoms with Crippen LogP contribution in [0.1, 0.15) is 195 Å². The van der Waals surface area contributed by atoms with E-state index in [1.807, 2.05) is 0 Å². The van der Waals surface area contributed by atoms with Gasteiger partial charge in [-0.2, -0.15) is 0 Å². The molecular weight excluding hydrogens is 428 g/mol. The van der Waals surface area contributed by atoms with Crippen molar-refractivity contribution in [2.45, 2.75) is 195 Å². The second kappa shape index (κ2) is 26.5. The highest BCUT2D eigenvalue weighted by atomic mass is 16.5. The smallest absolute Gasteiger partial charge is 0.305 e. The Balaban J connectivity index is 3.56. The van der Waals surface area contributed by atoms with Gasteiger partial charge in [0.15, 0.2) is 0 Å². The van der Waals surface area contributed by atoms with Crippen LogP contribution in [-0.2, 0) is 9.53 Å². The fourth-order valence-corrected chi connectivity index (χ4v) is 5.17. The Morgan fingerprint density at radius 1 is 0.486 bits per heavy atom. The van der Waals surface area contributed by atoms with Crippen LogP contribution in [0.3, 0.4) is 0 Å². The summed E-state index contributed by atoms with van der Waals surface area (Å²) in [6.45, 7) is 9.76. The van der Waals surface area contributed by atoms with Crippen LogP contribution in [0.4, 0.5) is 0 Å². The van der Waals surface area contributed by atoms with Crippen molar-refractivity contribution in [3.05, 3.63) is 0 Å².